The monoisotopic (exact) mass is 183 g/mol. The summed E-state index contributed by atoms with van der Waals surface area (Å²) in [6, 6.07) is 1.77. The van der Waals surface area contributed by atoms with Gasteiger partial charge in [0.15, 0.2) is 0 Å². The molecule has 12 heavy (non-hydrogen) atoms. The molecule has 0 N–H and O–H groups in total. The van der Waals surface area contributed by atoms with Gasteiger partial charge in [0.25, 0.3) is 0 Å². The number of pyridine rings is 1. The van der Waals surface area contributed by atoms with E-state index in [0.717, 1.165) is 5.56 Å². The molecule has 0 saturated heterocycles. The van der Waals surface area contributed by atoms with E-state index in [2.05, 4.69) is 4.98 Å². The van der Waals surface area contributed by atoms with Crippen LogP contribution < -0.4 is 0 Å². The highest BCUT2D eigenvalue weighted by atomic mass is 35.5. The summed E-state index contributed by atoms with van der Waals surface area (Å²) in [5, 5.41) is 0.556. The molecule has 1 unspecified atom stereocenters. The molecule has 1 aromatic heterocycles. The van der Waals surface area contributed by atoms with E-state index in [9.17, 15) is 4.79 Å². The number of carbonyl (C=O) groups excluding carboxylic acids is 1. The second-order valence-corrected chi connectivity index (χ2v) is 3.14. The van der Waals surface area contributed by atoms with Crippen LogP contribution >= 0.6 is 11.6 Å². The number of carbonyl (C=O) groups is 1. The van der Waals surface area contributed by atoms with Crippen LogP contribution in [0.2, 0.25) is 5.02 Å². The van der Waals surface area contributed by atoms with Gasteiger partial charge in [-0.25, -0.2) is 0 Å². The summed E-state index contributed by atoms with van der Waals surface area (Å²) >= 11 is 5.85. The normalized spacial score (nSPS) is 12.6. The molecule has 1 rings (SSSR count). The van der Waals surface area contributed by atoms with Crippen molar-refractivity contribution in [1.29, 1.82) is 0 Å². The first-order valence-corrected chi connectivity index (χ1v) is 4.10. The van der Waals surface area contributed by atoms with Crippen molar-refractivity contribution in [2.24, 2.45) is 0 Å². The van der Waals surface area contributed by atoms with Gasteiger partial charge in [0.05, 0.1) is 5.02 Å². The molecule has 0 aliphatic carbocycles. The summed E-state index contributed by atoms with van der Waals surface area (Å²) in [6.07, 6.45) is 3.19. The van der Waals surface area contributed by atoms with Gasteiger partial charge >= 0.3 is 0 Å². The minimum absolute atomic E-state index is 0.114. The minimum atomic E-state index is -0.138. The van der Waals surface area contributed by atoms with Gasteiger partial charge in [0.2, 0.25) is 0 Å². The van der Waals surface area contributed by atoms with Crippen LogP contribution in [0.25, 0.3) is 0 Å². The Labute approximate surface area is 76.6 Å². The molecule has 3 heteroatoms. The first-order chi connectivity index (χ1) is 5.63. The molecule has 0 fully saturated rings. The van der Waals surface area contributed by atoms with Crippen molar-refractivity contribution in [3.8, 4) is 0 Å². The second kappa shape index (κ2) is 3.68. The minimum Gasteiger partial charge on any atom is -0.299 e. The van der Waals surface area contributed by atoms with Crippen molar-refractivity contribution in [1.82, 2.24) is 4.98 Å². The molecule has 0 saturated carbocycles. The Balaban J connectivity index is 3.02. The van der Waals surface area contributed by atoms with Crippen molar-refractivity contribution >= 4 is 17.4 Å². The van der Waals surface area contributed by atoms with Gasteiger partial charge in [-0.05, 0) is 18.6 Å². The zero-order chi connectivity index (χ0) is 9.14. The van der Waals surface area contributed by atoms with Crippen LogP contribution in [0.15, 0.2) is 18.5 Å². The van der Waals surface area contributed by atoms with E-state index in [-0.39, 0.29) is 11.7 Å². The lowest BCUT2D eigenvalue weighted by atomic mass is 9.99. The predicted molar refractivity (Wildman–Crippen MR) is 48.3 cm³/mol. The molecule has 1 heterocycles. The maximum Gasteiger partial charge on any atom is 0.137 e. The average Bonchev–Trinajstić information content (AvgIpc) is 2.04. The lowest BCUT2D eigenvalue weighted by Crippen LogP contribution is -2.04. The zero-order valence-electron chi connectivity index (χ0n) is 7.04. The van der Waals surface area contributed by atoms with Crippen molar-refractivity contribution in [3.63, 3.8) is 0 Å². The average molecular weight is 184 g/mol. The van der Waals surface area contributed by atoms with Gasteiger partial charge in [0, 0.05) is 18.3 Å². The Bertz CT molecular complexity index is 298. The lowest BCUT2D eigenvalue weighted by molar-refractivity contribution is -0.118. The largest absolute Gasteiger partial charge is 0.299 e. The Morgan fingerprint density at radius 1 is 1.67 bits per heavy atom. The third-order valence-electron chi connectivity index (χ3n) is 1.88. The molecule has 0 aliphatic heterocycles. The molecule has 0 bridgehead atoms. The maximum absolute atomic E-state index is 11.0. The molecule has 0 spiro atoms. The van der Waals surface area contributed by atoms with Gasteiger partial charge in [-0.3, -0.25) is 9.78 Å². The predicted octanol–water partition coefficient (Wildman–Crippen LogP) is 2.43. The number of Topliss-reactive ketones (excluding diaryl/α,β-unsaturated/α-hetero) is 1. The summed E-state index contributed by atoms with van der Waals surface area (Å²) in [5.41, 5.74) is 0.846. The molecule has 1 aromatic rings. The maximum atomic E-state index is 11.0. The van der Waals surface area contributed by atoms with E-state index in [1.165, 1.54) is 0 Å². The molecule has 0 radical (unpaired) electrons. The van der Waals surface area contributed by atoms with Crippen LogP contribution in [-0.4, -0.2) is 10.8 Å². The number of rotatable bonds is 2. The van der Waals surface area contributed by atoms with E-state index in [1.54, 1.807) is 25.4 Å². The summed E-state index contributed by atoms with van der Waals surface area (Å²) in [7, 11) is 0. The summed E-state index contributed by atoms with van der Waals surface area (Å²) in [4.78, 5) is 14.9. The van der Waals surface area contributed by atoms with Crippen LogP contribution in [0.5, 0.6) is 0 Å². The fraction of sp³-hybridized carbons (Fsp3) is 0.333. The van der Waals surface area contributed by atoms with Crippen LogP contribution in [0.3, 0.4) is 0 Å². The van der Waals surface area contributed by atoms with Gasteiger partial charge in [-0.15, -0.1) is 0 Å². The Kier molecular flexibility index (Phi) is 2.82. The highest BCUT2D eigenvalue weighted by molar-refractivity contribution is 6.31. The molecular formula is C9H10ClNO. The van der Waals surface area contributed by atoms with Crippen LogP contribution in [0, 0.1) is 0 Å². The van der Waals surface area contributed by atoms with Gasteiger partial charge in [0.1, 0.15) is 5.78 Å². The number of hydrogen-bond acceptors (Lipinski definition) is 2. The first-order valence-electron chi connectivity index (χ1n) is 3.72. The molecule has 0 aliphatic rings. The van der Waals surface area contributed by atoms with Crippen molar-refractivity contribution in [3.05, 3.63) is 29.0 Å². The second-order valence-electron chi connectivity index (χ2n) is 2.73. The van der Waals surface area contributed by atoms with E-state index in [4.69, 9.17) is 11.6 Å². The number of halogens is 1. The first kappa shape index (κ1) is 9.20. The number of hydrogen-bond donors (Lipinski definition) is 0. The smallest absolute Gasteiger partial charge is 0.137 e. The van der Waals surface area contributed by atoms with Crippen LogP contribution in [0.4, 0.5) is 0 Å². The van der Waals surface area contributed by atoms with Crippen molar-refractivity contribution in [2.75, 3.05) is 0 Å². The SMILES string of the molecule is CC(=O)C(C)c1ccncc1Cl. The number of nitrogens with zero attached hydrogens (tertiary/aromatic N) is 1. The van der Waals surface area contributed by atoms with Crippen molar-refractivity contribution < 1.29 is 4.79 Å². The fourth-order valence-electron chi connectivity index (χ4n) is 0.956. The molecule has 64 valence electrons. The van der Waals surface area contributed by atoms with Gasteiger partial charge in [-0.1, -0.05) is 18.5 Å². The molecular weight excluding hydrogens is 174 g/mol. The molecule has 2 nitrogen and oxygen atoms in total. The third kappa shape index (κ3) is 1.83. The molecule has 0 aromatic carbocycles. The van der Waals surface area contributed by atoms with Crippen LogP contribution in [0.1, 0.15) is 25.3 Å². The summed E-state index contributed by atoms with van der Waals surface area (Å²) in [5.74, 6) is -0.0244. The fourth-order valence-corrected chi connectivity index (χ4v) is 1.24. The van der Waals surface area contributed by atoms with Crippen molar-refractivity contribution in [2.45, 2.75) is 19.8 Å². The number of ketones is 1. The Hall–Kier alpha value is -0.890. The summed E-state index contributed by atoms with van der Waals surface area (Å²) < 4.78 is 0. The zero-order valence-corrected chi connectivity index (χ0v) is 7.80. The number of aromatic nitrogens is 1. The molecule has 0 amide bonds. The van der Waals surface area contributed by atoms with Crippen LogP contribution in [-0.2, 0) is 4.79 Å². The lowest BCUT2D eigenvalue weighted by Gasteiger charge is -2.08. The third-order valence-corrected chi connectivity index (χ3v) is 2.20. The quantitative estimate of drug-likeness (QED) is 0.705. The topological polar surface area (TPSA) is 30.0 Å². The Morgan fingerprint density at radius 3 is 2.83 bits per heavy atom. The van der Waals surface area contributed by atoms with E-state index < -0.39 is 0 Å². The van der Waals surface area contributed by atoms with E-state index >= 15 is 0 Å². The van der Waals surface area contributed by atoms with Gasteiger partial charge < -0.3 is 0 Å². The highest BCUT2D eigenvalue weighted by Crippen LogP contribution is 2.23. The van der Waals surface area contributed by atoms with Gasteiger partial charge in [-0.2, -0.15) is 0 Å². The summed E-state index contributed by atoms with van der Waals surface area (Å²) in [6.45, 7) is 3.39. The highest BCUT2D eigenvalue weighted by Gasteiger charge is 2.12. The molecule has 1 atom stereocenters. The van der Waals surface area contributed by atoms with E-state index in [0.29, 0.717) is 5.02 Å². The Morgan fingerprint density at radius 2 is 2.33 bits per heavy atom. The van der Waals surface area contributed by atoms with E-state index in [1.807, 2.05) is 6.92 Å². The standard InChI is InChI=1S/C9H10ClNO/c1-6(7(2)12)8-3-4-11-5-9(8)10/h3-6H,1-2H3.